The molecule has 4 N–H and O–H groups in total. The van der Waals surface area contributed by atoms with Gasteiger partial charge in [0.05, 0.1) is 13.2 Å². The smallest absolute Gasteiger partial charge is 0.407 e. The van der Waals surface area contributed by atoms with Gasteiger partial charge in [-0.1, -0.05) is 93.4 Å². The highest BCUT2D eigenvalue weighted by Gasteiger charge is 2.29. The molecule has 0 radical (unpaired) electrons. The third-order valence-corrected chi connectivity index (χ3v) is 9.77. The first-order valence-electron chi connectivity index (χ1n) is 16.9. The average molecular weight is 673 g/mol. The van der Waals surface area contributed by atoms with Gasteiger partial charge in [0, 0.05) is 24.3 Å². The predicted octanol–water partition coefficient (Wildman–Crippen LogP) is 7.49. The number of fused-ring (bicyclic) bond motifs is 3. The van der Waals surface area contributed by atoms with Crippen molar-refractivity contribution in [1.82, 2.24) is 15.7 Å². The van der Waals surface area contributed by atoms with E-state index in [0.717, 1.165) is 52.9 Å². The van der Waals surface area contributed by atoms with Crippen LogP contribution in [0.1, 0.15) is 68.6 Å². The number of alkyl carbamates (subject to hydrolysis) is 1. The number of nitrogens with one attached hydrogen (secondary N) is 4. The van der Waals surface area contributed by atoms with Gasteiger partial charge in [-0.25, -0.2) is 4.79 Å². The quantitative estimate of drug-likeness (QED) is 0.0926. The lowest BCUT2D eigenvalue weighted by atomic mass is 9.86. The maximum Gasteiger partial charge on any atom is 0.407 e. The Labute approximate surface area is 286 Å². The van der Waals surface area contributed by atoms with Gasteiger partial charge in [-0.15, -0.1) is 6.58 Å². The number of anilines is 1. The molecular weight excluding hydrogens is 623 g/mol. The van der Waals surface area contributed by atoms with Crippen molar-refractivity contribution in [2.24, 2.45) is 5.92 Å². The average Bonchev–Trinajstić information content (AvgIpc) is 3.40. The molecule has 48 heavy (non-hydrogen) atoms. The van der Waals surface area contributed by atoms with Crippen LogP contribution in [-0.2, 0) is 25.5 Å². The van der Waals surface area contributed by atoms with E-state index >= 15 is 0 Å². The number of carbonyl (C=O) groups is 3. The molecule has 1 atom stereocenters. The SMILES string of the molecule is C=CCCP(NCC1CCC1)OCc1ccc(NC(=O)CNC(=O)CNC(=O)OCC2c3ccccc3-c3ccccc32)cc1.CCC. The van der Waals surface area contributed by atoms with Gasteiger partial charge < -0.3 is 25.2 Å². The largest absolute Gasteiger partial charge is 0.449 e. The van der Waals surface area contributed by atoms with Crippen LogP contribution in [-0.4, -0.2) is 50.3 Å². The summed E-state index contributed by atoms with van der Waals surface area (Å²) in [5.74, 6) is -0.166. The predicted molar refractivity (Wildman–Crippen MR) is 194 cm³/mol. The van der Waals surface area contributed by atoms with Crippen molar-refractivity contribution in [3.8, 4) is 11.1 Å². The van der Waals surface area contributed by atoms with Gasteiger partial charge in [0.15, 0.2) is 0 Å². The normalized spacial score (nSPS) is 13.9. The van der Waals surface area contributed by atoms with Crippen LogP contribution in [0, 0.1) is 5.92 Å². The molecule has 9 nitrogen and oxygen atoms in total. The van der Waals surface area contributed by atoms with E-state index in [0.29, 0.717) is 12.3 Å². The fourth-order valence-electron chi connectivity index (χ4n) is 5.41. The Hall–Kier alpha value is -4.04. The molecule has 3 aromatic carbocycles. The van der Waals surface area contributed by atoms with Gasteiger partial charge in [0.2, 0.25) is 11.8 Å². The Morgan fingerprint density at radius 2 is 1.50 bits per heavy atom. The highest BCUT2D eigenvalue weighted by Crippen LogP contribution is 2.44. The first kappa shape index (κ1) is 36.8. The number of rotatable bonds is 16. The van der Waals surface area contributed by atoms with Gasteiger partial charge in [0.25, 0.3) is 0 Å². The molecule has 1 saturated carbocycles. The highest BCUT2D eigenvalue weighted by atomic mass is 31.2. The second-order valence-electron chi connectivity index (χ2n) is 12.0. The second-order valence-corrected chi connectivity index (χ2v) is 13.8. The van der Waals surface area contributed by atoms with Crippen LogP contribution in [0.5, 0.6) is 0 Å². The Bertz CT molecular complexity index is 1450. The molecule has 0 aromatic heterocycles. The van der Waals surface area contributed by atoms with Gasteiger partial charge in [-0.2, -0.15) is 0 Å². The van der Waals surface area contributed by atoms with E-state index in [4.69, 9.17) is 9.26 Å². The Morgan fingerprint density at radius 1 is 0.875 bits per heavy atom. The summed E-state index contributed by atoms with van der Waals surface area (Å²) in [4.78, 5) is 37.0. The monoisotopic (exact) mass is 672 g/mol. The van der Waals surface area contributed by atoms with Crippen LogP contribution in [0.25, 0.3) is 11.1 Å². The highest BCUT2D eigenvalue weighted by molar-refractivity contribution is 7.50. The van der Waals surface area contributed by atoms with Crippen LogP contribution in [0.15, 0.2) is 85.5 Å². The molecule has 0 bridgehead atoms. The molecule has 1 unspecified atom stereocenters. The third-order valence-electron chi connectivity index (χ3n) is 8.13. The van der Waals surface area contributed by atoms with E-state index in [9.17, 15) is 14.4 Å². The lowest BCUT2D eigenvalue weighted by Crippen LogP contribution is -2.40. The molecule has 2 aliphatic carbocycles. The lowest BCUT2D eigenvalue weighted by molar-refractivity contribution is -0.123. The topological polar surface area (TPSA) is 118 Å². The van der Waals surface area contributed by atoms with Gasteiger partial charge in [-0.05, 0) is 65.1 Å². The summed E-state index contributed by atoms with van der Waals surface area (Å²) < 4.78 is 11.6. The Balaban J connectivity index is 0.00000167. The zero-order chi connectivity index (χ0) is 34.1. The van der Waals surface area contributed by atoms with E-state index in [1.54, 1.807) is 0 Å². The van der Waals surface area contributed by atoms with Crippen LogP contribution in [0.4, 0.5) is 10.5 Å². The molecule has 0 spiro atoms. The first-order valence-corrected chi connectivity index (χ1v) is 18.3. The summed E-state index contributed by atoms with van der Waals surface area (Å²) in [6.07, 6.45) is 8.25. The van der Waals surface area contributed by atoms with Gasteiger partial charge in [0.1, 0.15) is 21.5 Å². The number of allylic oxidation sites excluding steroid dienone is 1. The maximum absolute atomic E-state index is 12.4. The fourth-order valence-corrected chi connectivity index (χ4v) is 6.97. The van der Waals surface area contributed by atoms with Crippen molar-refractivity contribution >= 4 is 31.9 Å². The third kappa shape index (κ3) is 11.3. The van der Waals surface area contributed by atoms with Crippen LogP contribution in [0.2, 0.25) is 0 Å². The molecule has 5 rings (SSSR count). The molecule has 3 aromatic rings. The molecule has 0 heterocycles. The molecule has 0 aliphatic heterocycles. The molecular formula is C38H49N4O5P. The standard InChI is InChI=1S/C35H41N4O5P.C3H8/c1-2-3-19-45(38-20-25-9-8-10-25)44-23-26-15-17-27(18-16-26)39-34(41)22-36-33(40)21-37-35(42)43-24-32-30-13-6-4-11-28(30)29-12-5-7-14-31(29)32;1-3-2/h2,4-7,11-18,25,32,38H,1,3,8-10,19-24H2,(H,36,40)(H,37,42)(H,39,41);3H2,1-2H3. The Kier molecular flexibility index (Phi) is 15.1. The first-order chi connectivity index (χ1) is 23.4. The van der Waals surface area contributed by atoms with Gasteiger partial charge >= 0.3 is 6.09 Å². The number of amides is 3. The van der Waals surface area contributed by atoms with Crippen LogP contribution in [0.3, 0.4) is 0 Å². The fraction of sp³-hybridized carbons (Fsp3) is 0.395. The molecule has 10 heteroatoms. The summed E-state index contributed by atoms with van der Waals surface area (Å²) >= 11 is 0. The summed E-state index contributed by atoms with van der Waals surface area (Å²) in [6, 6.07) is 23.6. The van der Waals surface area contributed by atoms with E-state index in [-0.39, 0.29) is 31.5 Å². The zero-order valence-electron chi connectivity index (χ0n) is 28.1. The van der Waals surface area contributed by atoms with Gasteiger partial charge in [-0.3, -0.25) is 14.7 Å². The minimum atomic E-state index is -0.724. The lowest BCUT2D eigenvalue weighted by Gasteiger charge is -2.28. The van der Waals surface area contributed by atoms with E-state index in [1.807, 2.05) is 66.7 Å². The summed E-state index contributed by atoms with van der Waals surface area (Å²) in [7, 11) is -0.724. The van der Waals surface area contributed by atoms with Crippen molar-refractivity contribution in [2.75, 3.05) is 37.7 Å². The van der Waals surface area contributed by atoms with Crippen LogP contribution >= 0.6 is 8.30 Å². The van der Waals surface area contributed by atoms with E-state index in [2.05, 4.69) is 53.6 Å². The van der Waals surface area contributed by atoms with Crippen LogP contribution < -0.4 is 21.0 Å². The van der Waals surface area contributed by atoms with Crippen molar-refractivity contribution in [2.45, 2.75) is 58.5 Å². The minimum absolute atomic E-state index is 0.0685. The van der Waals surface area contributed by atoms with E-state index < -0.39 is 20.3 Å². The molecule has 0 saturated heterocycles. The number of benzene rings is 3. The molecule has 256 valence electrons. The number of hydrogen-bond donors (Lipinski definition) is 4. The summed E-state index contributed by atoms with van der Waals surface area (Å²) in [6.45, 7) is 9.20. The number of carbonyl (C=O) groups excluding carboxylic acids is 3. The van der Waals surface area contributed by atoms with Crippen molar-refractivity contribution < 1.29 is 23.6 Å². The minimum Gasteiger partial charge on any atom is -0.449 e. The van der Waals surface area contributed by atoms with Crippen molar-refractivity contribution in [1.29, 1.82) is 0 Å². The summed E-state index contributed by atoms with van der Waals surface area (Å²) in [5.41, 5.74) is 6.13. The number of ether oxygens (including phenoxy) is 1. The van der Waals surface area contributed by atoms with E-state index in [1.165, 1.54) is 25.7 Å². The number of hydrogen-bond acceptors (Lipinski definition) is 6. The maximum atomic E-state index is 12.4. The Morgan fingerprint density at radius 3 is 2.10 bits per heavy atom. The molecule has 1 fully saturated rings. The van der Waals surface area contributed by atoms with Crippen molar-refractivity contribution in [3.63, 3.8) is 0 Å². The zero-order valence-corrected chi connectivity index (χ0v) is 29.0. The van der Waals surface area contributed by atoms with Crippen molar-refractivity contribution in [3.05, 3.63) is 102 Å². The summed E-state index contributed by atoms with van der Waals surface area (Å²) in [5, 5.41) is 11.3. The molecule has 3 amide bonds. The molecule has 2 aliphatic rings. The second kappa shape index (κ2) is 19.7.